The number of nitrogens with zero attached hydrogens (tertiary/aromatic N) is 1. The third kappa shape index (κ3) is 3.79. The van der Waals surface area contributed by atoms with Crippen molar-refractivity contribution < 1.29 is 14.3 Å². The van der Waals surface area contributed by atoms with Crippen molar-refractivity contribution in [3.8, 4) is 11.5 Å². The Balaban J connectivity index is 1.72. The van der Waals surface area contributed by atoms with Crippen LogP contribution in [0, 0.1) is 0 Å². The molecule has 0 atom stereocenters. The predicted octanol–water partition coefficient (Wildman–Crippen LogP) is 3.90. The number of rotatable bonds is 6. The molecule has 24 heavy (non-hydrogen) atoms. The summed E-state index contributed by atoms with van der Waals surface area (Å²) < 4.78 is 10.5. The second-order valence-electron chi connectivity index (χ2n) is 5.84. The average Bonchev–Trinajstić information content (AvgIpc) is 3.45. The number of urea groups is 1. The molecule has 3 rings (SSSR count). The van der Waals surface area contributed by atoms with E-state index in [4.69, 9.17) is 9.47 Å². The van der Waals surface area contributed by atoms with Crippen molar-refractivity contribution in [3.63, 3.8) is 0 Å². The van der Waals surface area contributed by atoms with E-state index >= 15 is 0 Å². The lowest BCUT2D eigenvalue weighted by atomic mass is 10.2. The van der Waals surface area contributed by atoms with Gasteiger partial charge >= 0.3 is 6.03 Å². The second-order valence-corrected chi connectivity index (χ2v) is 5.84. The molecule has 0 unspecified atom stereocenters. The Morgan fingerprint density at radius 3 is 2.42 bits per heavy atom. The number of methoxy groups -OCH3 is 2. The smallest absolute Gasteiger partial charge is 0.322 e. The number of carbonyl (C=O) groups excluding carboxylic acids is 1. The number of ether oxygens (including phenoxy) is 2. The Labute approximate surface area is 142 Å². The third-order valence-corrected chi connectivity index (χ3v) is 4.08. The van der Waals surface area contributed by atoms with Crippen LogP contribution in [0.1, 0.15) is 18.4 Å². The van der Waals surface area contributed by atoms with Crippen LogP contribution < -0.4 is 14.8 Å². The molecule has 126 valence electrons. The van der Waals surface area contributed by atoms with Gasteiger partial charge in [-0.05, 0) is 30.5 Å². The number of hydrogen-bond acceptors (Lipinski definition) is 3. The molecular weight excluding hydrogens is 304 g/mol. The van der Waals surface area contributed by atoms with E-state index in [1.54, 1.807) is 26.4 Å². The Morgan fingerprint density at radius 2 is 1.79 bits per heavy atom. The van der Waals surface area contributed by atoms with E-state index in [2.05, 4.69) is 5.32 Å². The quantitative estimate of drug-likeness (QED) is 0.876. The molecule has 1 N–H and O–H groups in total. The maximum Gasteiger partial charge on any atom is 0.322 e. The van der Waals surface area contributed by atoms with Crippen LogP contribution in [0.4, 0.5) is 10.5 Å². The van der Waals surface area contributed by atoms with Crippen LogP contribution >= 0.6 is 0 Å². The van der Waals surface area contributed by atoms with Gasteiger partial charge in [-0.2, -0.15) is 0 Å². The first-order chi connectivity index (χ1) is 11.7. The van der Waals surface area contributed by atoms with Crippen molar-refractivity contribution in [1.82, 2.24) is 4.90 Å². The molecule has 0 heterocycles. The van der Waals surface area contributed by atoms with Gasteiger partial charge in [0.25, 0.3) is 0 Å². The largest absolute Gasteiger partial charge is 0.493 e. The molecule has 0 bridgehead atoms. The van der Waals surface area contributed by atoms with Crippen molar-refractivity contribution in [1.29, 1.82) is 0 Å². The van der Waals surface area contributed by atoms with Gasteiger partial charge in [-0.25, -0.2) is 4.79 Å². The van der Waals surface area contributed by atoms with Gasteiger partial charge < -0.3 is 19.7 Å². The van der Waals surface area contributed by atoms with E-state index < -0.39 is 0 Å². The molecule has 1 aliphatic carbocycles. The SMILES string of the molecule is COc1ccc(NC(=O)N(Cc2ccccc2)C2CC2)cc1OC. The van der Waals surface area contributed by atoms with Gasteiger partial charge in [0, 0.05) is 24.3 Å². The zero-order valence-electron chi connectivity index (χ0n) is 14.0. The number of anilines is 1. The fourth-order valence-corrected chi connectivity index (χ4v) is 2.64. The molecule has 0 aromatic heterocycles. The second kappa shape index (κ2) is 7.25. The Hall–Kier alpha value is -2.69. The van der Waals surface area contributed by atoms with Crippen LogP contribution in [-0.4, -0.2) is 31.2 Å². The Morgan fingerprint density at radius 1 is 1.08 bits per heavy atom. The molecule has 5 nitrogen and oxygen atoms in total. The minimum atomic E-state index is -0.0893. The standard InChI is InChI=1S/C19H22N2O3/c1-23-17-11-8-15(12-18(17)24-2)20-19(22)21(16-9-10-16)13-14-6-4-3-5-7-14/h3-8,11-12,16H,9-10,13H2,1-2H3,(H,20,22). The molecule has 1 saturated carbocycles. The highest BCUT2D eigenvalue weighted by molar-refractivity contribution is 5.90. The van der Waals surface area contributed by atoms with Gasteiger partial charge in [0.1, 0.15) is 0 Å². The van der Waals surface area contributed by atoms with Crippen molar-refractivity contribution in [3.05, 3.63) is 54.1 Å². The number of hydrogen-bond donors (Lipinski definition) is 1. The summed E-state index contributed by atoms with van der Waals surface area (Å²) in [6, 6.07) is 15.6. The van der Waals surface area contributed by atoms with Gasteiger partial charge in [-0.15, -0.1) is 0 Å². The van der Waals surface area contributed by atoms with E-state index in [-0.39, 0.29) is 6.03 Å². The molecule has 0 saturated heterocycles. The number of nitrogens with one attached hydrogen (secondary N) is 1. The van der Waals surface area contributed by atoms with Crippen LogP contribution in [-0.2, 0) is 6.54 Å². The lowest BCUT2D eigenvalue weighted by Crippen LogP contribution is -2.36. The van der Waals surface area contributed by atoms with Gasteiger partial charge in [0.05, 0.1) is 14.2 Å². The minimum absolute atomic E-state index is 0.0893. The molecule has 2 aromatic rings. The molecular formula is C19H22N2O3. The van der Waals surface area contributed by atoms with E-state index in [1.165, 1.54) is 0 Å². The highest BCUT2D eigenvalue weighted by Gasteiger charge is 2.32. The van der Waals surface area contributed by atoms with Gasteiger partial charge in [0.2, 0.25) is 0 Å². The summed E-state index contributed by atoms with van der Waals surface area (Å²) in [6.07, 6.45) is 2.12. The summed E-state index contributed by atoms with van der Waals surface area (Å²) >= 11 is 0. The van der Waals surface area contributed by atoms with E-state index in [0.29, 0.717) is 29.8 Å². The van der Waals surface area contributed by atoms with E-state index in [0.717, 1.165) is 18.4 Å². The van der Waals surface area contributed by atoms with Crippen molar-refractivity contribution >= 4 is 11.7 Å². The summed E-state index contributed by atoms with van der Waals surface area (Å²) in [4.78, 5) is 14.6. The highest BCUT2D eigenvalue weighted by Crippen LogP contribution is 2.32. The van der Waals surface area contributed by atoms with Crippen molar-refractivity contribution in [2.24, 2.45) is 0 Å². The van der Waals surface area contributed by atoms with E-state index in [9.17, 15) is 4.79 Å². The summed E-state index contributed by atoms with van der Waals surface area (Å²) in [5.41, 5.74) is 1.82. The zero-order valence-corrected chi connectivity index (χ0v) is 14.0. The monoisotopic (exact) mass is 326 g/mol. The van der Waals surface area contributed by atoms with Crippen LogP contribution in [0.15, 0.2) is 48.5 Å². The molecule has 1 fully saturated rings. The maximum absolute atomic E-state index is 12.7. The minimum Gasteiger partial charge on any atom is -0.493 e. The Bertz CT molecular complexity index is 699. The number of carbonyl (C=O) groups is 1. The molecule has 1 aliphatic rings. The van der Waals surface area contributed by atoms with Crippen LogP contribution in [0.2, 0.25) is 0 Å². The van der Waals surface area contributed by atoms with Gasteiger partial charge in [-0.1, -0.05) is 30.3 Å². The van der Waals surface area contributed by atoms with Crippen LogP contribution in [0.5, 0.6) is 11.5 Å². The third-order valence-electron chi connectivity index (χ3n) is 4.08. The lowest BCUT2D eigenvalue weighted by molar-refractivity contribution is 0.206. The molecule has 2 aromatic carbocycles. The van der Waals surface area contributed by atoms with Crippen LogP contribution in [0.3, 0.4) is 0 Å². The average molecular weight is 326 g/mol. The molecule has 0 spiro atoms. The number of benzene rings is 2. The van der Waals surface area contributed by atoms with E-state index in [1.807, 2.05) is 41.3 Å². The zero-order chi connectivity index (χ0) is 16.9. The molecule has 2 amide bonds. The first-order valence-corrected chi connectivity index (χ1v) is 8.05. The normalized spacial score (nSPS) is 13.2. The van der Waals surface area contributed by atoms with Crippen LogP contribution in [0.25, 0.3) is 0 Å². The Kier molecular flexibility index (Phi) is 4.89. The first-order valence-electron chi connectivity index (χ1n) is 8.05. The van der Waals surface area contributed by atoms with Crippen molar-refractivity contribution in [2.75, 3.05) is 19.5 Å². The van der Waals surface area contributed by atoms with Gasteiger partial charge in [0.15, 0.2) is 11.5 Å². The maximum atomic E-state index is 12.7. The molecule has 0 radical (unpaired) electrons. The summed E-state index contributed by atoms with van der Waals surface area (Å²) in [5.74, 6) is 1.23. The molecule has 0 aliphatic heterocycles. The van der Waals surface area contributed by atoms with Gasteiger partial charge in [-0.3, -0.25) is 0 Å². The summed E-state index contributed by atoms with van der Waals surface area (Å²) in [5, 5.41) is 2.96. The fraction of sp³-hybridized carbons (Fsp3) is 0.316. The highest BCUT2D eigenvalue weighted by atomic mass is 16.5. The van der Waals surface area contributed by atoms with Crippen molar-refractivity contribution in [2.45, 2.75) is 25.4 Å². The lowest BCUT2D eigenvalue weighted by Gasteiger charge is -2.23. The topological polar surface area (TPSA) is 50.8 Å². The summed E-state index contributed by atoms with van der Waals surface area (Å²) in [6.45, 7) is 0.616. The summed E-state index contributed by atoms with van der Waals surface area (Å²) in [7, 11) is 3.17. The molecule has 5 heteroatoms. The predicted molar refractivity (Wildman–Crippen MR) is 93.6 cm³/mol. The number of amides is 2. The fourth-order valence-electron chi connectivity index (χ4n) is 2.64. The first kappa shape index (κ1) is 16.2.